The molecule has 0 saturated carbocycles. The summed E-state index contributed by atoms with van der Waals surface area (Å²) in [5.74, 6) is 0. The molecule has 2 aromatic rings. The van der Waals surface area contributed by atoms with Crippen molar-refractivity contribution < 1.29 is 9.72 Å². The number of nitro groups is 1. The van der Waals surface area contributed by atoms with Crippen molar-refractivity contribution in [3.63, 3.8) is 0 Å². The van der Waals surface area contributed by atoms with Crippen molar-refractivity contribution in [1.82, 2.24) is 5.32 Å². The second-order valence-electron chi connectivity index (χ2n) is 4.50. The van der Waals surface area contributed by atoms with Crippen LogP contribution < -0.4 is 10.6 Å². The fraction of sp³-hybridized carbons (Fsp3) is 0.133. The van der Waals surface area contributed by atoms with Gasteiger partial charge in [-0.15, -0.1) is 0 Å². The minimum Gasteiger partial charge on any atom is -0.338 e. The summed E-state index contributed by atoms with van der Waals surface area (Å²) >= 11 is 6.02. The topological polar surface area (TPSA) is 84.3 Å². The average Bonchev–Trinajstić information content (AvgIpc) is 2.49. The number of urea groups is 1. The van der Waals surface area contributed by atoms with Crippen molar-refractivity contribution in [3.8, 4) is 0 Å². The van der Waals surface area contributed by atoms with Gasteiger partial charge in [0, 0.05) is 17.6 Å². The van der Waals surface area contributed by atoms with Gasteiger partial charge in [-0.25, -0.2) is 4.79 Å². The van der Waals surface area contributed by atoms with Crippen molar-refractivity contribution in [2.75, 3.05) is 11.9 Å². The van der Waals surface area contributed by atoms with Gasteiger partial charge in [0.1, 0.15) is 5.69 Å². The van der Waals surface area contributed by atoms with E-state index in [4.69, 9.17) is 11.6 Å². The zero-order valence-corrected chi connectivity index (χ0v) is 12.3. The number of nitrogens with one attached hydrogen (secondary N) is 2. The Morgan fingerprint density at radius 1 is 1.14 bits per heavy atom. The van der Waals surface area contributed by atoms with Crippen molar-refractivity contribution in [1.29, 1.82) is 0 Å². The maximum absolute atomic E-state index is 11.8. The quantitative estimate of drug-likeness (QED) is 0.652. The van der Waals surface area contributed by atoms with Crippen molar-refractivity contribution in [3.05, 3.63) is 69.2 Å². The van der Waals surface area contributed by atoms with Crippen LogP contribution in [0.5, 0.6) is 0 Å². The predicted molar refractivity (Wildman–Crippen MR) is 85.3 cm³/mol. The lowest BCUT2D eigenvalue weighted by molar-refractivity contribution is -0.383. The van der Waals surface area contributed by atoms with Gasteiger partial charge in [0.05, 0.1) is 4.92 Å². The number of rotatable bonds is 5. The maximum atomic E-state index is 11.8. The number of carbonyl (C=O) groups excluding carboxylic acids is 1. The Balaban J connectivity index is 1.89. The van der Waals surface area contributed by atoms with Crippen LogP contribution in [0.2, 0.25) is 5.02 Å². The van der Waals surface area contributed by atoms with Crippen LogP contribution in [0.25, 0.3) is 0 Å². The molecule has 0 aromatic heterocycles. The van der Waals surface area contributed by atoms with E-state index in [0.29, 0.717) is 18.0 Å². The summed E-state index contributed by atoms with van der Waals surface area (Å²) in [6, 6.07) is 12.8. The van der Waals surface area contributed by atoms with Gasteiger partial charge in [-0.1, -0.05) is 41.9 Å². The normalized spacial score (nSPS) is 10.0. The third kappa shape index (κ3) is 4.20. The first-order valence-electron chi connectivity index (χ1n) is 6.59. The first kappa shape index (κ1) is 15.8. The van der Waals surface area contributed by atoms with Gasteiger partial charge in [0.2, 0.25) is 0 Å². The standard InChI is InChI=1S/C15H14ClN3O3/c16-12-6-2-1-5-11(12)9-10-17-15(20)18-13-7-3-4-8-14(13)19(21)22/h1-8H,9-10H2,(H2,17,18,20). The lowest BCUT2D eigenvalue weighted by Crippen LogP contribution is -2.30. The van der Waals surface area contributed by atoms with Crippen LogP contribution in [-0.4, -0.2) is 17.5 Å². The number of nitrogens with zero attached hydrogens (tertiary/aromatic N) is 1. The van der Waals surface area contributed by atoms with E-state index in [0.717, 1.165) is 5.56 Å². The van der Waals surface area contributed by atoms with E-state index in [9.17, 15) is 14.9 Å². The molecule has 7 heteroatoms. The summed E-state index contributed by atoms with van der Waals surface area (Å²) < 4.78 is 0. The molecule has 0 spiro atoms. The van der Waals surface area contributed by atoms with E-state index in [1.165, 1.54) is 12.1 Å². The SMILES string of the molecule is O=C(NCCc1ccccc1Cl)Nc1ccccc1[N+](=O)[O-]. The summed E-state index contributed by atoms with van der Waals surface area (Å²) in [4.78, 5) is 22.1. The highest BCUT2D eigenvalue weighted by atomic mass is 35.5. The first-order chi connectivity index (χ1) is 10.6. The molecule has 0 atom stereocenters. The van der Waals surface area contributed by atoms with Crippen molar-refractivity contribution in [2.24, 2.45) is 0 Å². The number of benzene rings is 2. The van der Waals surface area contributed by atoms with E-state index in [-0.39, 0.29) is 11.4 Å². The molecule has 0 saturated heterocycles. The molecule has 2 N–H and O–H groups in total. The molecule has 0 radical (unpaired) electrons. The highest BCUT2D eigenvalue weighted by Crippen LogP contribution is 2.22. The third-order valence-corrected chi connectivity index (χ3v) is 3.36. The van der Waals surface area contributed by atoms with E-state index in [2.05, 4.69) is 10.6 Å². The first-order valence-corrected chi connectivity index (χ1v) is 6.97. The largest absolute Gasteiger partial charge is 0.338 e. The van der Waals surface area contributed by atoms with E-state index >= 15 is 0 Å². The van der Waals surface area contributed by atoms with Crippen molar-refractivity contribution in [2.45, 2.75) is 6.42 Å². The van der Waals surface area contributed by atoms with Gasteiger partial charge < -0.3 is 10.6 Å². The number of para-hydroxylation sites is 2. The second kappa shape index (κ2) is 7.42. The number of carbonyl (C=O) groups is 1. The summed E-state index contributed by atoms with van der Waals surface area (Å²) in [6.45, 7) is 0.371. The predicted octanol–water partition coefficient (Wildman–Crippen LogP) is 3.61. The molecule has 2 rings (SSSR count). The maximum Gasteiger partial charge on any atom is 0.319 e. The fourth-order valence-corrected chi connectivity index (χ4v) is 2.15. The number of nitro benzene ring substituents is 1. The van der Waals surface area contributed by atoms with Crippen LogP contribution in [0.1, 0.15) is 5.56 Å². The van der Waals surface area contributed by atoms with Crippen LogP contribution in [0.3, 0.4) is 0 Å². The zero-order valence-electron chi connectivity index (χ0n) is 11.6. The third-order valence-electron chi connectivity index (χ3n) is 2.99. The van der Waals surface area contributed by atoms with Gasteiger partial charge in [0.15, 0.2) is 0 Å². The van der Waals surface area contributed by atoms with Gasteiger partial charge in [0.25, 0.3) is 5.69 Å². The Bertz CT molecular complexity index is 691. The molecule has 0 unspecified atom stereocenters. The summed E-state index contributed by atoms with van der Waals surface area (Å²) in [6.07, 6.45) is 0.573. The van der Waals surface area contributed by atoms with E-state index in [1.807, 2.05) is 18.2 Å². The summed E-state index contributed by atoms with van der Waals surface area (Å²) in [5, 5.41) is 16.6. The molecule has 6 nitrogen and oxygen atoms in total. The van der Waals surface area contributed by atoms with Crippen LogP contribution in [-0.2, 0) is 6.42 Å². The van der Waals surface area contributed by atoms with Crippen LogP contribution in [0.4, 0.5) is 16.2 Å². The Morgan fingerprint density at radius 2 is 1.82 bits per heavy atom. The van der Waals surface area contributed by atoms with Crippen LogP contribution >= 0.6 is 11.6 Å². The van der Waals surface area contributed by atoms with Gasteiger partial charge in [-0.05, 0) is 24.1 Å². The molecule has 2 aromatic carbocycles. The number of hydrogen-bond donors (Lipinski definition) is 2. The Kier molecular flexibility index (Phi) is 5.32. The molecular formula is C15H14ClN3O3. The van der Waals surface area contributed by atoms with E-state index < -0.39 is 11.0 Å². The van der Waals surface area contributed by atoms with Crippen LogP contribution in [0, 0.1) is 10.1 Å². The van der Waals surface area contributed by atoms with Gasteiger partial charge in [-0.3, -0.25) is 10.1 Å². The molecule has 0 bridgehead atoms. The molecule has 0 heterocycles. The zero-order chi connectivity index (χ0) is 15.9. The van der Waals surface area contributed by atoms with Crippen LogP contribution in [0.15, 0.2) is 48.5 Å². The highest BCUT2D eigenvalue weighted by Gasteiger charge is 2.14. The molecule has 0 fully saturated rings. The number of anilines is 1. The smallest absolute Gasteiger partial charge is 0.319 e. The monoisotopic (exact) mass is 319 g/mol. The molecule has 0 aliphatic heterocycles. The highest BCUT2D eigenvalue weighted by molar-refractivity contribution is 6.31. The molecule has 0 aliphatic rings. The Labute approximate surface area is 132 Å². The molecule has 114 valence electrons. The van der Waals surface area contributed by atoms with Gasteiger partial charge >= 0.3 is 6.03 Å². The Morgan fingerprint density at radius 3 is 2.55 bits per heavy atom. The molecule has 22 heavy (non-hydrogen) atoms. The summed E-state index contributed by atoms with van der Waals surface area (Å²) in [7, 11) is 0. The number of amides is 2. The lowest BCUT2D eigenvalue weighted by atomic mass is 10.1. The number of hydrogen-bond acceptors (Lipinski definition) is 3. The van der Waals surface area contributed by atoms with Gasteiger partial charge in [-0.2, -0.15) is 0 Å². The lowest BCUT2D eigenvalue weighted by Gasteiger charge is -2.08. The minimum absolute atomic E-state index is 0.149. The second-order valence-corrected chi connectivity index (χ2v) is 4.90. The Hall–Kier alpha value is -2.60. The fourth-order valence-electron chi connectivity index (χ4n) is 1.92. The van der Waals surface area contributed by atoms with Crippen molar-refractivity contribution >= 4 is 29.0 Å². The minimum atomic E-state index is -0.542. The summed E-state index contributed by atoms with van der Waals surface area (Å²) in [5.41, 5.74) is 0.932. The molecular weight excluding hydrogens is 306 g/mol. The molecule has 0 aliphatic carbocycles. The average molecular weight is 320 g/mol. The number of halogens is 1. The molecule has 2 amide bonds. The van der Waals surface area contributed by atoms with E-state index in [1.54, 1.807) is 18.2 Å².